The first-order chi connectivity index (χ1) is 21.2. The standard InChI is InChI=1S/C36H60O10/c1-30(2)22(45-29-26(42)25(41)24(40)20(16-37)44-29)9-11-36-17-35(36)13-12-32(5)28(34(7)10-8-23(46-34)31(3,4)43)19(39)15-33(32,6)21(35)14-18(38)27(30)36/h18-29,37-43H,8-17H2,1-7H3/t18-,19?,20+,21?,22?,23-,24+,25-,26+,27?,28?,29-,32+,33-,34?,35?,36?/m0/s1. The van der Waals surface area contributed by atoms with E-state index < -0.39 is 66.1 Å². The summed E-state index contributed by atoms with van der Waals surface area (Å²) in [4.78, 5) is 0. The molecule has 2 aliphatic heterocycles. The van der Waals surface area contributed by atoms with Crippen LogP contribution in [0.3, 0.4) is 0 Å². The summed E-state index contributed by atoms with van der Waals surface area (Å²) in [6.07, 6.45) is -0.708. The van der Waals surface area contributed by atoms with Gasteiger partial charge in [-0.3, -0.25) is 0 Å². The third kappa shape index (κ3) is 4.24. The molecule has 10 nitrogen and oxygen atoms in total. The first-order valence-electron chi connectivity index (χ1n) is 17.9. The Hall–Kier alpha value is -0.400. The molecule has 2 heterocycles. The van der Waals surface area contributed by atoms with Gasteiger partial charge in [0.2, 0.25) is 0 Å². The van der Waals surface area contributed by atoms with E-state index in [-0.39, 0.29) is 51.6 Å². The average molecular weight is 653 g/mol. The van der Waals surface area contributed by atoms with Crippen LogP contribution in [0.1, 0.15) is 106 Å². The van der Waals surface area contributed by atoms with E-state index in [0.717, 1.165) is 38.5 Å². The van der Waals surface area contributed by atoms with Gasteiger partial charge in [-0.15, -0.1) is 0 Å². The molecular formula is C36H60O10. The van der Waals surface area contributed by atoms with Crippen molar-refractivity contribution in [1.29, 1.82) is 0 Å². The minimum atomic E-state index is -1.50. The Bertz CT molecular complexity index is 1200. The molecule has 5 aliphatic carbocycles. The molecule has 2 spiro atoms. The lowest BCUT2D eigenvalue weighted by atomic mass is 9.41. The highest BCUT2D eigenvalue weighted by Gasteiger charge is 2.85. The molecule has 0 aromatic carbocycles. The van der Waals surface area contributed by atoms with Gasteiger partial charge < -0.3 is 50.0 Å². The number of rotatable bonds is 5. The molecule has 17 atom stereocenters. The molecule has 7 rings (SSSR count). The minimum Gasteiger partial charge on any atom is -0.394 e. The zero-order valence-corrected chi connectivity index (χ0v) is 28.9. The second kappa shape index (κ2) is 10.3. The molecule has 10 heteroatoms. The van der Waals surface area contributed by atoms with E-state index in [2.05, 4.69) is 34.6 Å². The summed E-state index contributed by atoms with van der Waals surface area (Å²) in [5, 5.41) is 75.9. The fraction of sp³-hybridized carbons (Fsp3) is 1.00. The van der Waals surface area contributed by atoms with Gasteiger partial charge in [0.1, 0.15) is 24.4 Å². The quantitative estimate of drug-likeness (QED) is 0.219. The Morgan fingerprint density at radius 3 is 2.11 bits per heavy atom. The molecule has 7 fully saturated rings. The number of aliphatic hydroxyl groups is 7. The van der Waals surface area contributed by atoms with Gasteiger partial charge in [-0.25, -0.2) is 0 Å². The van der Waals surface area contributed by atoms with Crippen molar-refractivity contribution in [3.05, 3.63) is 0 Å². The maximum atomic E-state index is 12.2. The SMILES string of the molecule is CC1(C2C(O)C[C@@]3(C)C4C[C@H](O)C5C(C)(C)C(O[C@@H]6O[C@H](CO)[C@@H](O)[C@H](O)[C@H]6O)CCC56CC46CC[C@]23C)CC[C@@H](C(C)(C)O)O1. The number of aliphatic hydroxyl groups excluding tert-OH is 6. The molecule has 7 N–H and O–H groups in total. The van der Waals surface area contributed by atoms with Crippen molar-refractivity contribution in [3.63, 3.8) is 0 Å². The van der Waals surface area contributed by atoms with Crippen molar-refractivity contribution in [1.82, 2.24) is 0 Å². The Kier molecular flexibility index (Phi) is 7.65. The molecule has 0 radical (unpaired) electrons. The number of hydrogen-bond acceptors (Lipinski definition) is 10. The van der Waals surface area contributed by atoms with E-state index >= 15 is 0 Å². The van der Waals surface area contributed by atoms with E-state index in [9.17, 15) is 35.7 Å². The Balaban J connectivity index is 1.15. The van der Waals surface area contributed by atoms with Crippen molar-refractivity contribution < 1.29 is 50.0 Å². The van der Waals surface area contributed by atoms with Crippen LogP contribution in [0.15, 0.2) is 0 Å². The summed E-state index contributed by atoms with van der Waals surface area (Å²) in [5.74, 6) is 0.176. The van der Waals surface area contributed by atoms with Crippen LogP contribution in [0, 0.1) is 44.8 Å². The highest BCUT2D eigenvalue weighted by Crippen LogP contribution is 2.89. The molecule has 8 unspecified atom stereocenters. The third-order valence-corrected chi connectivity index (χ3v) is 15.9. The van der Waals surface area contributed by atoms with Gasteiger partial charge >= 0.3 is 0 Å². The molecule has 0 aromatic rings. The lowest BCUT2D eigenvalue weighted by Crippen LogP contribution is -2.64. The Labute approximate surface area is 273 Å². The molecule has 2 saturated heterocycles. The van der Waals surface area contributed by atoms with Crippen LogP contribution in [0.25, 0.3) is 0 Å². The highest BCUT2D eigenvalue weighted by molar-refractivity contribution is 5.33. The van der Waals surface area contributed by atoms with E-state index in [1.165, 1.54) is 0 Å². The van der Waals surface area contributed by atoms with Gasteiger partial charge in [-0.1, -0.05) is 27.7 Å². The van der Waals surface area contributed by atoms with E-state index in [0.29, 0.717) is 19.3 Å². The molecule has 46 heavy (non-hydrogen) atoms. The normalized spacial score (nSPS) is 59.3. The summed E-state index contributed by atoms with van der Waals surface area (Å²) in [5.41, 5.74) is -2.26. The second-order valence-corrected chi connectivity index (χ2v) is 18.7. The van der Waals surface area contributed by atoms with Crippen LogP contribution in [-0.2, 0) is 14.2 Å². The summed E-state index contributed by atoms with van der Waals surface area (Å²) in [6, 6.07) is 0. The van der Waals surface area contributed by atoms with Crippen LogP contribution in [0.4, 0.5) is 0 Å². The Morgan fingerprint density at radius 1 is 0.783 bits per heavy atom. The number of hydrogen-bond donors (Lipinski definition) is 7. The molecule has 0 bridgehead atoms. The summed E-state index contributed by atoms with van der Waals surface area (Å²) < 4.78 is 18.8. The van der Waals surface area contributed by atoms with Crippen molar-refractivity contribution in [2.75, 3.05) is 6.61 Å². The summed E-state index contributed by atoms with van der Waals surface area (Å²) in [7, 11) is 0. The maximum Gasteiger partial charge on any atom is 0.186 e. The van der Waals surface area contributed by atoms with Crippen LogP contribution in [0.5, 0.6) is 0 Å². The van der Waals surface area contributed by atoms with Crippen molar-refractivity contribution >= 4 is 0 Å². The van der Waals surface area contributed by atoms with Gasteiger partial charge in [0.25, 0.3) is 0 Å². The molecular weight excluding hydrogens is 592 g/mol. The van der Waals surface area contributed by atoms with Crippen LogP contribution in [-0.4, -0.2) is 109 Å². The van der Waals surface area contributed by atoms with Crippen LogP contribution in [0.2, 0.25) is 0 Å². The topological polar surface area (TPSA) is 169 Å². The average Bonchev–Trinajstić information content (AvgIpc) is 3.31. The van der Waals surface area contributed by atoms with E-state index in [1.54, 1.807) is 0 Å². The van der Waals surface area contributed by atoms with E-state index in [4.69, 9.17) is 14.2 Å². The fourth-order valence-corrected chi connectivity index (χ4v) is 13.7. The lowest BCUT2D eigenvalue weighted by Gasteiger charge is -2.64. The summed E-state index contributed by atoms with van der Waals surface area (Å²) in [6.45, 7) is 14.3. The maximum absolute atomic E-state index is 12.2. The lowest BCUT2D eigenvalue weighted by molar-refractivity contribution is -0.329. The minimum absolute atomic E-state index is 0.0295. The smallest absolute Gasteiger partial charge is 0.186 e. The molecule has 0 aromatic heterocycles. The molecule has 7 aliphatic rings. The molecule has 264 valence electrons. The van der Waals surface area contributed by atoms with Gasteiger partial charge in [0.15, 0.2) is 6.29 Å². The zero-order chi connectivity index (χ0) is 33.6. The third-order valence-electron chi connectivity index (χ3n) is 15.9. The second-order valence-electron chi connectivity index (χ2n) is 18.7. The molecule has 0 amide bonds. The number of ether oxygens (including phenoxy) is 3. The first kappa shape index (κ1) is 34.1. The van der Waals surface area contributed by atoms with Crippen molar-refractivity contribution in [2.24, 2.45) is 44.8 Å². The van der Waals surface area contributed by atoms with Crippen molar-refractivity contribution in [3.8, 4) is 0 Å². The monoisotopic (exact) mass is 652 g/mol. The summed E-state index contributed by atoms with van der Waals surface area (Å²) >= 11 is 0. The predicted molar refractivity (Wildman–Crippen MR) is 167 cm³/mol. The van der Waals surface area contributed by atoms with Crippen LogP contribution >= 0.6 is 0 Å². The number of fused-ring (bicyclic) bond motifs is 2. The van der Waals surface area contributed by atoms with E-state index in [1.807, 2.05) is 13.8 Å². The van der Waals surface area contributed by atoms with Gasteiger partial charge in [-0.05, 0) is 117 Å². The largest absolute Gasteiger partial charge is 0.394 e. The zero-order valence-electron chi connectivity index (χ0n) is 28.9. The van der Waals surface area contributed by atoms with Crippen molar-refractivity contribution in [2.45, 2.75) is 173 Å². The Morgan fingerprint density at radius 2 is 1.48 bits per heavy atom. The molecule has 5 saturated carbocycles. The van der Waals surface area contributed by atoms with Gasteiger partial charge in [0.05, 0.1) is 42.2 Å². The van der Waals surface area contributed by atoms with Crippen LogP contribution < -0.4 is 0 Å². The first-order valence-corrected chi connectivity index (χ1v) is 17.9. The van der Waals surface area contributed by atoms with Gasteiger partial charge in [0, 0.05) is 5.92 Å². The highest BCUT2D eigenvalue weighted by atomic mass is 16.7. The van der Waals surface area contributed by atoms with Gasteiger partial charge in [-0.2, -0.15) is 0 Å². The fourth-order valence-electron chi connectivity index (χ4n) is 13.7. The predicted octanol–water partition coefficient (Wildman–Crippen LogP) is 2.26.